The van der Waals surface area contributed by atoms with E-state index in [0.717, 1.165) is 19.4 Å². The fraction of sp³-hybridized carbons (Fsp3) is 0.500. The van der Waals surface area contributed by atoms with Crippen molar-refractivity contribution in [3.05, 3.63) is 23.7 Å². The van der Waals surface area contributed by atoms with Crippen LogP contribution in [0.15, 0.2) is 16.5 Å². The molecule has 0 spiro atoms. The highest BCUT2D eigenvalue weighted by Gasteiger charge is 2.25. The number of rotatable bonds is 4. The molecule has 6 nitrogen and oxygen atoms in total. The average molecular weight is 253 g/mol. The van der Waals surface area contributed by atoms with Gasteiger partial charge in [-0.3, -0.25) is 4.79 Å². The van der Waals surface area contributed by atoms with E-state index in [4.69, 9.17) is 14.3 Å². The van der Waals surface area contributed by atoms with Crippen LogP contribution < -0.4 is 5.32 Å². The molecule has 1 aromatic heterocycles. The first kappa shape index (κ1) is 12.6. The topological polar surface area (TPSA) is 88.8 Å². The Morgan fingerprint density at radius 1 is 1.44 bits per heavy atom. The van der Waals surface area contributed by atoms with E-state index in [1.165, 1.54) is 12.1 Å². The lowest BCUT2D eigenvalue weighted by atomic mass is 10.1. The van der Waals surface area contributed by atoms with Crippen molar-refractivity contribution in [2.45, 2.75) is 31.9 Å². The van der Waals surface area contributed by atoms with Crippen LogP contribution >= 0.6 is 0 Å². The van der Waals surface area contributed by atoms with Crippen molar-refractivity contribution in [2.24, 2.45) is 0 Å². The Labute approximate surface area is 104 Å². The lowest BCUT2D eigenvalue weighted by Crippen LogP contribution is -2.40. The van der Waals surface area contributed by atoms with Gasteiger partial charge in [-0.1, -0.05) is 0 Å². The van der Waals surface area contributed by atoms with Gasteiger partial charge in [0.15, 0.2) is 5.76 Å². The van der Waals surface area contributed by atoms with Crippen LogP contribution in [0.25, 0.3) is 0 Å². The van der Waals surface area contributed by atoms with E-state index in [1.54, 1.807) is 0 Å². The molecule has 18 heavy (non-hydrogen) atoms. The van der Waals surface area contributed by atoms with Gasteiger partial charge in [0, 0.05) is 6.61 Å². The monoisotopic (exact) mass is 253 g/mol. The first-order chi connectivity index (χ1) is 8.58. The molecule has 2 atom stereocenters. The summed E-state index contributed by atoms with van der Waals surface area (Å²) < 4.78 is 10.4. The summed E-state index contributed by atoms with van der Waals surface area (Å²) in [7, 11) is 0. The third kappa shape index (κ3) is 2.70. The molecule has 0 radical (unpaired) electrons. The molecule has 0 aliphatic carbocycles. The third-order valence-electron chi connectivity index (χ3n) is 2.92. The number of ether oxygens (including phenoxy) is 1. The fourth-order valence-electron chi connectivity index (χ4n) is 1.94. The number of furan rings is 1. The first-order valence-electron chi connectivity index (χ1n) is 5.83. The zero-order chi connectivity index (χ0) is 13.1. The Kier molecular flexibility index (Phi) is 3.66. The van der Waals surface area contributed by atoms with Crippen LogP contribution in [0.5, 0.6) is 0 Å². The van der Waals surface area contributed by atoms with Gasteiger partial charge in [-0.05, 0) is 31.9 Å². The van der Waals surface area contributed by atoms with Crippen LogP contribution in [-0.2, 0) is 4.74 Å². The van der Waals surface area contributed by atoms with Crippen LogP contribution in [0, 0.1) is 0 Å². The molecule has 98 valence electrons. The van der Waals surface area contributed by atoms with E-state index in [-0.39, 0.29) is 23.7 Å². The SMILES string of the molecule is C[C@H](NC(=O)c1ccc(C(=O)O)o1)[C@H]1CCCO1. The van der Waals surface area contributed by atoms with Gasteiger partial charge in [-0.25, -0.2) is 4.79 Å². The molecule has 1 aliphatic heterocycles. The van der Waals surface area contributed by atoms with E-state index in [9.17, 15) is 9.59 Å². The number of amides is 1. The smallest absolute Gasteiger partial charge is 0.371 e. The van der Waals surface area contributed by atoms with Gasteiger partial charge in [-0.2, -0.15) is 0 Å². The first-order valence-corrected chi connectivity index (χ1v) is 5.83. The minimum absolute atomic E-state index is 0.00255. The summed E-state index contributed by atoms with van der Waals surface area (Å²) in [4.78, 5) is 22.4. The Balaban J connectivity index is 1.95. The van der Waals surface area contributed by atoms with Crippen molar-refractivity contribution >= 4 is 11.9 Å². The van der Waals surface area contributed by atoms with E-state index in [0.29, 0.717) is 0 Å². The summed E-state index contributed by atoms with van der Waals surface area (Å²) in [6.07, 6.45) is 1.93. The average Bonchev–Trinajstić information content (AvgIpc) is 3.00. The highest BCUT2D eigenvalue weighted by molar-refractivity contribution is 5.93. The number of hydrogen-bond acceptors (Lipinski definition) is 4. The number of carboxylic acid groups (broad SMARTS) is 1. The molecule has 1 aromatic rings. The molecule has 0 unspecified atom stereocenters. The molecule has 1 fully saturated rings. The second-order valence-corrected chi connectivity index (χ2v) is 4.28. The maximum absolute atomic E-state index is 11.8. The molecule has 1 aliphatic rings. The summed E-state index contributed by atoms with van der Waals surface area (Å²) >= 11 is 0. The standard InChI is InChI=1S/C12H15NO5/c1-7(8-3-2-6-17-8)13-11(14)9-4-5-10(18-9)12(15)16/h4-5,7-8H,2-3,6H2,1H3,(H,13,14)(H,15,16)/t7-,8+/m0/s1. The molecule has 1 amide bonds. The van der Waals surface area contributed by atoms with Gasteiger partial charge in [0.1, 0.15) is 0 Å². The number of hydrogen-bond donors (Lipinski definition) is 2. The summed E-state index contributed by atoms with van der Waals surface area (Å²) in [5.74, 6) is -1.87. The number of nitrogens with one attached hydrogen (secondary N) is 1. The van der Waals surface area contributed by atoms with Crippen molar-refractivity contribution < 1.29 is 23.8 Å². The van der Waals surface area contributed by atoms with Gasteiger partial charge in [0.05, 0.1) is 12.1 Å². The lowest BCUT2D eigenvalue weighted by Gasteiger charge is -2.19. The van der Waals surface area contributed by atoms with Gasteiger partial charge < -0.3 is 19.6 Å². The minimum atomic E-state index is -1.19. The molecule has 2 N–H and O–H groups in total. The quantitative estimate of drug-likeness (QED) is 0.843. The van der Waals surface area contributed by atoms with Gasteiger partial charge in [0.25, 0.3) is 5.91 Å². The second-order valence-electron chi connectivity index (χ2n) is 4.28. The van der Waals surface area contributed by atoms with E-state index in [2.05, 4.69) is 5.32 Å². The van der Waals surface area contributed by atoms with Crippen LogP contribution in [0.3, 0.4) is 0 Å². The van der Waals surface area contributed by atoms with E-state index < -0.39 is 11.9 Å². The molecule has 6 heteroatoms. The molecule has 2 rings (SSSR count). The Bertz CT molecular complexity index is 447. The summed E-state index contributed by atoms with van der Waals surface area (Å²) in [6.45, 7) is 2.57. The third-order valence-corrected chi connectivity index (χ3v) is 2.92. The van der Waals surface area contributed by atoms with Gasteiger partial charge in [-0.15, -0.1) is 0 Å². The molecule has 0 aromatic carbocycles. The van der Waals surface area contributed by atoms with Crippen LogP contribution in [-0.4, -0.2) is 35.7 Å². The Morgan fingerprint density at radius 2 is 2.17 bits per heavy atom. The highest BCUT2D eigenvalue weighted by Crippen LogP contribution is 2.16. The molecular weight excluding hydrogens is 238 g/mol. The number of carbonyl (C=O) groups is 2. The summed E-state index contributed by atoms with van der Waals surface area (Å²) in [5.41, 5.74) is 0. The van der Waals surface area contributed by atoms with Crippen LogP contribution in [0.1, 0.15) is 40.9 Å². The molecular formula is C12H15NO5. The number of carbonyl (C=O) groups excluding carboxylic acids is 1. The van der Waals surface area contributed by atoms with Crippen molar-refractivity contribution in [3.63, 3.8) is 0 Å². The van der Waals surface area contributed by atoms with Crippen molar-refractivity contribution in [2.75, 3.05) is 6.61 Å². The summed E-state index contributed by atoms with van der Waals surface area (Å²) in [6, 6.07) is 2.48. The molecule has 1 saturated heterocycles. The van der Waals surface area contributed by atoms with Crippen molar-refractivity contribution in [3.8, 4) is 0 Å². The predicted octanol–water partition coefficient (Wildman–Crippen LogP) is 1.28. The normalized spacial score (nSPS) is 20.6. The predicted molar refractivity (Wildman–Crippen MR) is 61.6 cm³/mol. The number of carboxylic acids is 1. The van der Waals surface area contributed by atoms with Crippen molar-refractivity contribution in [1.29, 1.82) is 0 Å². The molecule has 0 saturated carbocycles. The van der Waals surface area contributed by atoms with E-state index >= 15 is 0 Å². The van der Waals surface area contributed by atoms with Gasteiger partial charge >= 0.3 is 5.97 Å². The van der Waals surface area contributed by atoms with E-state index in [1.807, 2.05) is 6.92 Å². The number of aromatic carboxylic acids is 1. The lowest BCUT2D eigenvalue weighted by molar-refractivity contribution is 0.0650. The Hall–Kier alpha value is -1.82. The van der Waals surface area contributed by atoms with Crippen molar-refractivity contribution in [1.82, 2.24) is 5.32 Å². The second kappa shape index (κ2) is 5.22. The maximum atomic E-state index is 11.8. The Morgan fingerprint density at radius 3 is 2.72 bits per heavy atom. The molecule has 2 heterocycles. The largest absolute Gasteiger partial charge is 0.475 e. The highest BCUT2D eigenvalue weighted by atomic mass is 16.5. The summed E-state index contributed by atoms with van der Waals surface area (Å²) in [5, 5.41) is 11.4. The van der Waals surface area contributed by atoms with Crippen LogP contribution in [0.4, 0.5) is 0 Å². The zero-order valence-electron chi connectivity index (χ0n) is 10.0. The molecule has 0 bridgehead atoms. The minimum Gasteiger partial charge on any atom is -0.475 e. The zero-order valence-corrected chi connectivity index (χ0v) is 10.0. The maximum Gasteiger partial charge on any atom is 0.371 e. The fourth-order valence-corrected chi connectivity index (χ4v) is 1.94. The van der Waals surface area contributed by atoms with Crippen LogP contribution in [0.2, 0.25) is 0 Å². The van der Waals surface area contributed by atoms with Gasteiger partial charge in [0.2, 0.25) is 5.76 Å².